The number of carboxylic acid groups (broad SMARTS) is 1. The van der Waals surface area contributed by atoms with Crippen LogP contribution in [0.2, 0.25) is 0 Å². The van der Waals surface area contributed by atoms with Crippen LogP contribution in [0, 0.1) is 13.8 Å². The molecule has 0 heterocycles. The summed E-state index contributed by atoms with van der Waals surface area (Å²) >= 11 is 0. The lowest BCUT2D eigenvalue weighted by Crippen LogP contribution is -2.33. The number of carboxylic acids is 1. The molecule has 0 fully saturated rings. The van der Waals surface area contributed by atoms with Gasteiger partial charge in [0.2, 0.25) is 5.91 Å². The number of hydrogen-bond acceptors (Lipinski definition) is 3. The number of carbonyl (C=O) groups is 2. The molecule has 0 aliphatic heterocycles. The fourth-order valence-electron chi connectivity index (χ4n) is 2.73. The molecule has 2 N–H and O–H groups in total. The van der Waals surface area contributed by atoms with Crippen molar-refractivity contribution in [2.75, 3.05) is 18.4 Å². The minimum Gasteiger partial charge on any atom is -0.478 e. The number of anilines is 1. The van der Waals surface area contributed by atoms with Gasteiger partial charge in [-0.3, -0.25) is 9.69 Å². The summed E-state index contributed by atoms with van der Waals surface area (Å²) in [6.45, 7) is 7.39. The van der Waals surface area contributed by atoms with Crippen LogP contribution in [0.3, 0.4) is 0 Å². The van der Waals surface area contributed by atoms with Crippen LogP contribution in [0.5, 0.6) is 0 Å². The zero-order chi connectivity index (χ0) is 18.4. The van der Waals surface area contributed by atoms with E-state index in [1.54, 1.807) is 18.2 Å². The highest BCUT2D eigenvalue weighted by Gasteiger charge is 2.13. The Morgan fingerprint density at radius 3 is 2.32 bits per heavy atom. The van der Waals surface area contributed by atoms with Gasteiger partial charge in [0.05, 0.1) is 12.1 Å². The molecule has 2 rings (SSSR count). The lowest BCUT2D eigenvalue weighted by Gasteiger charge is -2.21. The van der Waals surface area contributed by atoms with Gasteiger partial charge in [0.1, 0.15) is 0 Å². The van der Waals surface area contributed by atoms with Crippen LogP contribution in [-0.4, -0.2) is 35.0 Å². The third-order valence-corrected chi connectivity index (χ3v) is 4.14. The largest absolute Gasteiger partial charge is 0.478 e. The van der Waals surface area contributed by atoms with Gasteiger partial charge in [-0.1, -0.05) is 37.3 Å². The van der Waals surface area contributed by atoms with Crippen LogP contribution in [-0.2, 0) is 11.3 Å². The number of benzene rings is 2. The first-order chi connectivity index (χ1) is 11.9. The molecule has 2 aromatic rings. The van der Waals surface area contributed by atoms with Gasteiger partial charge >= 0.3 is 5.97 Å². The van der Waals surface area contributed by atoms with E-state index in [0.717, 1.165) is 22.4 Å². The van der Waals surface area contributed by atoms with E-state index in [-0.39, 0.29) is 18.0 Å². The van der Waals surface area contributed by atoms with E-state index in [9.17, 15) is 9.59 Å². The Labute approximate surface area is 148 Å². The number of aryl methyl sites for hydroxylation is 2. The number of nitrogens with zero attached hydrogens (tertiary/aromatic N) is 1. The van der Waals surface area contributed by atoms with Gasteiger partial charge in [-0.15, -0.1) is 0 Å². The molecule has 0 radical (unpaired) electrons. The van der Waals surface area contributed by atoms with Gasteiger partial charge < -0.3 is 10.4 Å². The first kappa shape index (κ1) is 18.7. The highest BCUT2D eigenvalue weighted by Crippen LogP contribution is 2.19. The van der Waals surface area contributed by atoms with Gasteiger partial charge in [-0.05, 0) is 49.2 Å². The van der Waals surface area contributed by atoms with E-state index in [4.69, 9.17) is 5.11 Å². The molecule has 0 spiro atoms. The average Bonchev–Trinajstić information content (AvgIpc) is 2.58. The van der Waals surface area contributed by atoms with Crippen molar-refractivity contribution in [2.45, 2.75) is 27.3 Å². The van der Waals surface area contributed by atoms with E-state index in [1.807, 2.05) is 49.9 Å². The number of aromatic carboxylic acids is 1. The second-order valence-corrected chi connectivity index (χ2v) is 6.12. The first-order valence-electron chi connectivity index (χ1n) is 8.31. The number of para-hydroxylation sites is 1. The molecule has 0 bridgehead atoms. The van der Waals surface area contributed by atoms with E-state index in [1.165, 1.54) is 0 Å². The van der Waals surface area contributed by atoms with Crippen LogP contribution < -0.4 is 5.32 Å². The maximum atomic E-state index is 12.4. The molecule has 0 aromatic heterocycles. The van der Waals surface area contributed by atoms with Crippen molar-refractivity contribution in [2.24, 2.45) is 0 Å². The van der Waals surface area contributed by atoms with Gasteiger partial charge in [0.25, 0.3) is 0 Å². The van der Waals surface area contributed by atoms with Crippen molar-refractivity contribution in [1.29, 1.82) is 0 Å². The smallest absolute Gasteiger partial charge is 0.335 e. The first-order valence-corrected chi connectivity index (χ1v) is 8.31. The van der Waals surface area contributed by atoms with Gasteiger partial charge in [0, 0.05) is 12.2 Å². The number of nitrogens with one attached hydrogen (secondary N) is 1. The molecule has 132 valence electrons. The number of hydrogen-bond donors (Lipinski definition) is 2. The van der Waals surface area contributed by atoms with Gasteiger partial charge in [-0.2, -0.15) is 0 Å². The Kier molecular flexibility index (Phi) is 6.31. The number of likely N-dealkylation sites (N-methyl/N-ethyl adjacent to an activating group) is 1. The molecule has 25 heavy (non-hydrogen) atoms. The van der Waals surface area contributed by atoms with Crippen LogP contribution in [0.15, 0.2) is 42.5 Å². The highest BCUT2D eigenvalue weighted by molar-refractivity contribution is 5.93. The predicted molar refractivity (Wildman–Crippen MR) is 98.9 cm³/mol. The average molecular weight is 340 g/mol. The fourth-order valence-corrected chi connectivity index (χ4v) is 2.73. The van der Waals surface area contributed by atoms with Crippen molar-refractivity contribution < 1.29 is 14.7 Å². The molecular weight excluding hydrogens is 316 g/mol. The topological polar surface area (TPSA) is 69.6 Å². The zero-order valence-electron chi connectivity index (χ0n) is 14.9. The molecule has 1 amide bonds. The third-order valence-electron chi connectivity index (χ3n) is 4.14. The Morgan fingerprint density at radius 1 is 1.08 bits per heavy atom. The minimum absolute atomic E-state index is 0.0753. The normalized spacial score (nSPS) is 10.7. The monoisotopic (exact) mass is 340 g/mol. The molecule has 0 saturated carbocycles. The molecule has 2 aromatic carbocycles. The maximum absolute atomic E-state index is 12.4. The molecular formula is C20H24N2O3. The molecule has 0 aliphatic carbocycles. The van der Waals surface area contributed by atoms with Crippen molar-refractivity contribution in [3.05, 3.63) is 64.7 Å². The zero-order valence-corrected chi connectivity index (χ0v) is 14.9. The highest BCUT2D eigenvalue weighted by atomic mass is 16.4. The van der Waals surface area contributed by atoms with Crippen molar-refractivity contribution in [3.8, 4) is 0 Å². The molecule has 0 atom stereocenters. The van der Waals surface area contributed by atoms with Crippen molar-refractivity contribution in [3.63, 3.8) is 0 Å². The summed E-state index contributed by atoms with van der Waals surface area (Å²) in [5.74, 6) is -1.02. The quantitative estimate of drug-likeness (QED) is 0.810. The number of rotatable bonds is 7. The van der Waals surface area contributed by atoms with E-state index < -0.39 is 5.97 Å². The van der Waals surface area contributed by atoms with Crippen LogP contribution in [0.25, 0.3) is 0 Å². The molecule has 0 unspecified atom stereocenters. The molecule has 5 heteroatoms. The third kappa shape index (κ3) is 5.16. The Bertz CT molecular complexity index is 751. The standard InChI is InChI=1S/C20H24N2O3/c1-4-22(12-16-9-6-10-17(11-16)20(24)25)13-18(23)21-19-14(2)7-5-8-15(19)3/h5-11H,4,12-13H2,1-3H3,(H,21,23)(H,24,25). The van der Waals surface area contributed by atoms with Gasteiger partial charge in [0.15, 0.2) is 0 Å². The van der Waals surface area contributed by atoms with Crippen LogP contribution >= 0.6 is 0 Å². The SMILES string of the molecule is CCN(CC(=O)Nc1c(C)cccc1C)Cc1cccc(C(=O)O)c1. The Balaban J connectivity index is 2.03. The summed E-state index contributed by atoms with van der Waals surface area (Å²) in [6.07, 6.45) is 0. The summed E-state index contributed by atoms with van der Waals surface area (Å²) in [7, 11) is 0. The fraction of sp³-hybridized carbons (Fsp3) is 0.300. The summed E-state index contributed by atoms with van der Waals surface area (Å²) < 4.78 is 0. The van der Waals surface area contributed by atoms with E-state index >= 15 is 0 Å². The Morgan fingerprint density at radius 2 is 1.72 bits per heavy atom. The van der Waals surface area contributed by atoms with Crippen LogP contribution in [0.4, 0.5) is 5.69 Å². The second kappa shape index (κ2) is 8.44. The lowest BCUT2D eigenvalue weighted by molar-refractivity contribution is -0.117. The van der Waals surface area contributed by atoms with E-state index in [0.29, 0.717) is 13.1 Å². The van der Waals surface area contributed by atoms with Crippen molar-refractivity contribution in [1.82, 2.24) is 4.90 Å². The van der Waals surface area contributed by atoms with Crippen molar-refractivity contribution >= 4 is 17.6 Å². The molecule has 5 nitrogen and oxygen atoms in total. The maximum Gasteiger partial charge on any atom is 0.335 e. The predicted octanol–water partition coefficient (Wildman–Crippen LogP) is 3.46. The molecule has 0 saturated heterocycles. The lowest BCUT2D eigenvalue weighted by atomic mass is 10.1. The summed E-state index contributed by atoms with van der Waals surface area (Å²) in [6, 6.07) is 12.7. The van der Waals surface area contributed by atoms with Crippen LogP contribution in [0.1, 0.15) is 34.0 Å². The van der Waals surface area contributed by atoms with Gasteiger partial charge in [-0.25, -0.2) is 4.79 Å². The second-order valence-electron chi connectivity index (χ2n) is 6.12. The number of amides is 1. The number of carbonyl (C=O) groups excluding carboxylic acids is 1. The minimum atomic E-state index is -0.947. The summed E-state index contributed by atoms with van der Waals surface area (Å²) in [5, 5.41) is 12.1. The molecule has 0 aliphatic rings. The van der Waals surface area contributed by atoms with E-state index in [2.05, 4.69) is 5.32 Å². The Hall–Kier alpha value is -2.66. The summed E-state index contributed by atoms with van der Waals surface area (Å²) in [5.41, 5.74) is 4.06. The summed E-state index contributed by atoms with van der Waals surface area (Å²) in [4.78, 5) is 25.5.